The standard InChI is InChI=1S/C12H21NO2.C12H21NO.C12H20O2.C11H20N2O.C10H15NO2.C10H19NO.C10H18O2.C10H16O2.C9H17NO2.C9H17NO.C9H16O2/c1-4-12(14)6-5-11-9-15-8-7-13(11)10(2)3;1-4-12(14)8-11-6-5-7-13(9-11)10(2)3;1-4-11(13)8-10-6-5-7-12(10)14-9(2)3;1-4-11(14)13-7-5-6-10(13)8-12-9(2)3;1-8(2)13-6-4-5-10(12)9(3)7-11;1-5-10(12)7-6-8-11(4)9(2)3;1-5-10(11)6-9(4)7-12-8(2)3;1-4-6-10(11)7-5-8-12-9(2)3;1-5-9(11)10(4)6-7-12-8(2)3;1-4-9(11)6-5-7-10-8(2)3;1-4-9(10)6-5-7-11-8(2)3/h4,10-11H,1,5-9H2,2-3H3;4,10-11H,1,5-9H2,2-3H3;2*4,9-10,12H,1,5-8H2,2-3H3;8H,3-6H2,1-2H3;5,9H,1,6-8H2,2-4H3;5,8-9H,1,6-7H2,2-4H3;9H,5,7-8H2,1-3H3;5,8H,1,6-7H2,2-4H3;4,8,10H,1,5-7H2,2-3H3;4,8H,1,5-7H2,2-3H3/t;11-;;;;;9-;;;;/m.1....1..../s1. The lowest BCUT2D eigenvalue weighted by molar-refractivity contribution is -0.127. The number of rotatable bonds is 58. The van der Waals surface area contributed by atoms with E-state index >= 15 is 0 Å². The fraction of sp³-hybridized carbons (Fsp3) is 0.702. The molecule has 0 bridgehead atoms. The number of piperidine rings is 1. The summed E-state index contributed by atoms with van der Waals surface area (Å²) in [5, 5.41) is 15.0. The van der Waals surface area contributed by atoms with Crippen LogP contribution < -0.4 is 10.6 Å². The van der Waals surface area contributed by atoms with Gasteiger partial charge >= 0.3 is 0 Å². The van der Waals surface area contributed by atoms with Crippen LogP contribution in [0.4, 0.5) is 0 Å². The normalized spacial score (nSPS) is 15.9. The summed E-state index contributed by atoms with van der Waals surface area (Å²) in [4.78, 5) is 132. The fourth-order valence-electron chi connectivity index (χ4n) is 13.4. The molecule has 140 heavy (non-hydrogen) atoms. The SMILES string of the molecule is C=C(C#N)C(=O)CCCOC(C)C.C=CC(=O)CC1CCCC1OC(C)C.C=CC(=O)CCC1COCCN1C(C)C.C=CC(=O)CCCN(C)C(C)C.C=CC(=O)CCCNC(C)C.C=CC(=O)CCCOC(C)C.C=CC(=O)C[C@@H](C)COC(C)C.C=CC(=O)C[C@H]1CCCN(C(C)C)C1.C=CC(=O)N(C)CCOC(C)C.C=CC(=O)N1CCCC1CNC(C)C.CC#CC(=O)CCCOC(C)C. The van der Waals surface area contributed by atoms with Crippen molar-refractivity contribution in [3.8, 4) is 17.9 Å². The third-order valence-electron chi connectivity index (χ3n) is 21.5. The molecule has 0 radical (unpaired) electrons. The Balaban J connectivity index is -0.000000278. The summed E-state index contributed by atoms with van der Waals surface area (Å²) in [6.07, 6.45) is 32.3. The number of carbonyl (C=O) groups excluding carboxylic acids is 11. The van der Waals surface area contributed by atoms with Crippen LogP contribution in [0.5, 0.6) is 0 Å². The first-order chi connectivity index (χ1) is 65.8. The maximum atomic E-state index is 11.4. The zero-order valence-corrected chi connectivity index (χ0v) is 92.8. The Morgan fingerprint density at radius 3 is 1.41 bits per heavy atom. The molecule has 3 heterocycles. The van der Waals surface area contributed by atoms with Gasteiger partial charge in [-0.1, -0.05) is 113 Å². The Bertz CT molecular complexity index is 3510. The number of ketones is 9. The zero-order chi connectivity index (χ0) is 109. The number of nitrogens with zero attached hydrogens (tertiary/aromatic N) is 6. The lowest BCUT2D eigenvalue weighted by Gasteiger charge is -2.38. The van der Waals surface area contributed by atoms with Crippen LogP contribution in [0.2, 0.25) is 0 Å². The van der Waals surface area contributed by atoms with E-state index in [9.17, 15) is 52.7 Å². The van der Waals surface area contributed by atoms with E-state index in [0.29, 0.717) is 164 Å². The Labute approximate surface area is 852 Å². The molecule has 1 saturated carbocycles. The molecule has 0 aromatic heterocycles. The summed E-state index contributed by atoms with van der Waals surface area (Å²) < 4.78 is 37.6. The molecule has 26 heteroatoms. The van der Waals surface area contributed by atoms with Crippen LogP contribution >= 0.6 is 0 Å². The Kier molecular flexibility index (Phi) is 99.1. The minimum Gasteiger partial charge on any atom is -0.379 e. The lowest BCUT2D eigenvalue weighted by Crippen LogP contribution is -2.48. The highest BCUT2D eigenvalue weighted by Crippen LogP contribution is 2.32. The second kappa shape index (κ2) is 95.8. The maximum absolute atomic E-state index is 11.4. The average Bonchev–Trinajstić information content (AvgIpc) is 1.95. The Morgan fingerprint density at radius 1 is 0.479 bits per heavy atom. The van der Waals surface area contributed by atoms with Crippen molar-refractivity contribution in [1.29, 1.82) is 5.26 Å². The molecule has 4 fully saturated rings. The molecule has 2 N–H and O–H groups in total. The monoisotopic (exact) mass is 1970 g/mol. The van der Waals surface area contributed by atoms with Gasteiger partial charge in [-0.3, -0.25) is 57.6 Å². The van der Waals surface area contributed by atoms with Crippen LogP contribution in [0.25, 0.3) is 0 Å². The Hall–Kier alpha value is -8.06. The molecule has 1 aliphatic carbocycles. The van der Waals surface area contributed by atoms with Crippen molar-refractivity contribution < 1.29 is 85.9 Å². The number of allylic oxidation sites excluding steroid dienone is 8. The molecule has 804 valence electrons. The first-order valence-corrected chi connectivity index (χ1v) is 51.3. The molecular formula is C114H200N8O18. The van der Waals surface area contributed by atoms with Crippen molar-refractivity contribution in [2.45, 2.75) is 392 Å². The van der Waals surface area contributed by atoms with Crippen molar-refractivity contribution in [2.24, 2.45) is 17.8 Å². The number of likely N-dealkylation sites (tertiary alicyclic amines) is 2. The number of nitriles is 1. The molecule has 0 aromatic carbocycles. The highest BCUT2D eigenvalue weighted by Gasteiger charge is 2.31. The molecule has 4 unspecified atom stereocenters. The molecule has 3 aliphatic heterocycles. The van der Waals surface area contributed by atoms with Crippen LogP contribution in [-0.2, 0) is 85.9 Å². The number of Topliss-reactive ketones (excluding diaryl/α,β-unsaturated/α-hetero) is 2. The average molecular weight is 1970 g/mol. The van der Waals surface area contributed by atoms with E-state index in [1.807, 2.05) is 94.9 Å². The summed E-state index contributed by atoms with van der Waals surface area (Å²) in [5.41, 5.74) is 0.0320. The van der Waals surface area contributed by atoms with Crippen molar-refractivity contribution in [1.82, 2.24) is 35.1 Å². The topological polar surface area (TPSA) is 316 Å². The van der Waals surface area contributed by atoms with E-state index in [2.05, 4.69) is 179 Å². The summed E-state index contributed by atoms with van der Waals surface area (Å²) in [7, 11) is 3.80. The number of nitrogens with one attached hydrogen (secondary N) is 2. The van der Waals surface area contributed by atoms with Gasteiger partial charge in [0.25, 0.3) is 0 Å². The second-order valence-corrected chi connectivity index (χ2v) is 38.2. The summed E-state index contributed by atoms with van der Waals surface area (Å²) in [6.45, 7) is 95.6. The van der Waals surface area contributed by atoms with Gasteiger partial charge < -0.3 is 63.4 Å². The smallest absolute Gasteiger partial charge is 0.246 e. The maximum Gasteiger partial charge on any atom is 0.246 e. The number of ether oxygens (including phenoxy) is 7. The van der Waals surface area contributed by atoms with Gasteiger partial charge in [-0.25, -0.2) is 0 Å². The first-order valence-electron chi connectivity index (χ1n) is 51.3. The van der Waals surface area contributed by atoms with Gasteiger partial charge in [0.15, 0.2) is 46.3 Å². The zero-order valence-electron chi connectivity index (χ0n) is 92.8. The van der Waals surface area contributed by atoms with Gasteiger partial charge in [-0.2, -0.15) is 5.26 Å². The van der Waals surface area contributed by atoms with E-state index in [1.165, 1.54) is 80.5 Å². The first kappa shape index (κ1) is 145. The minimum absolute atomic E-state index is 0.00450. The van der Waals surface area contributed by atoms with Crippen molar-refractivity contribution in [3.05, 3.63) is 126 Å². The van der Waals surface area contributed by atoms with Gasteiger partial charge in [0, 0.05) is 166 Å². The largest absolute Gasteiger partial charge is 0.379 e. The van der Waals surface area contributed by atoms with Gasteiger partial charge in [0.2, 0.25) is 17.6 Å². The minimum atomic E-state index is -0.185. The molecule has 0 aromatic rings. The lowest BCUT2D eigenvalue weighted by atomic mass is 9.92. The highest BCUT2D eigenvalue weighted by molar-refractivity contribution is 5.98. The third kappa shape index (κ3) is 94.8. The predicted octanol–water partition coefficient (Wildman–Crippen LogP) is 20.0. The number of hydrogen-bond acceptors (Lipinski definition) is 24. The summed E-state index contributed by atoms with van der Waals surface area (Å²) in [6, 6.07) is 5.17. The molecule has 4 aliphatic rings. The number of hydrogen-bond donors (Lipinski definition) is 2. The van der Waals surface area contributed by atoms with Crippen molar-refractivity contribution in [3.63, 3.8) is 0 Å². The van der Waals surface area contributed by atoms with Crippen molar-refractivity contribution >= 4 is 63.9 Å². The molecular weight excluding hydrogens is 1770 g/mol. The third-order valence-corrected chi connectivity index (χ3v) is 21.5. The van der Waals surface area contributed by atoms with Gasteiger partial charge in [0.1, 0.15) is 6.07 Å². The van der Waals surface area contributed by atoms with Crippen LogP contribution in [0, 0.1) is 40.9 Å². The van der Waals surface area contributed by atoms with Crippen LogP contribution in [0.1, 0.15) is 307 Å². The van der Waals surface area contributed by atoms with Gasteiger partial charge in [-0.05, 0) is 314 Å². The van der Waals surface area contributed by atoms with Crippen LogP contribution in [0.15, 0.2) is 126 Å². The quantitative estimate of drug-likeness (QED) is 0.0188. The van der Waals surface area contributed by atoms with Gasteiger partial charge in [-0.15, -0.1) is 0 Å². The number of carbonyl (C=O) groups is 11. The Morgan fingerprint density at radius 2 is 0.957 bits per heavy atom. The van der Waals surface area contributed by atoms with Crippen LogP contribution in [0.3, 0.4) is 0 Å². The van der Waals surface area contributed by atoms with E-state index in [1.54, 1.807) is 24.9 Å². The predicted molar refractivity (Wildman–Crippen MR) is 579 cm³/mol. The number of morpholine rings is 1. The second-order valence-electron chi connectivity index (χ2n) is 38.2. The fourth-order valence-corrected chi connectivity index (χ4v) is 13.4. The van der Waals surface area contributed by atoms with Gasteiger partial charge in [0.05, 0.1) is 68.1 Å². The summed E-state index contributed by atoms with van der Waals surface area (Å²) >= 11 is 0. The van der Waals surface area contributed by atoms with E-state index in [-0.39, 0.29) is 112 Å². The molecule has 26 nitrogen and oxygen atoms in total. The van der Waals surface area contributed by atoms with E-state index < -0.39 is 0 Å². The highest BCUT2D eigenvalue weighted by atomic mass is 16.5. The van der Waals surface area contributed by atoms with E-state index in [0.717, 1.165) is 110 Å². The van der Waals surface area contributed by atoms with Crippen LogP contribution in [-0.4, -0.2) is 286 Å². The molecule has 3 saturated heterocycles. The van der Waals surface area contributed by atoms with Crippen molar-refractivity contribution in [2.75, 3.05) is 113 Å². The molecule has 6 atom stereocenters. The number of amides is 2. The molecule has 2 amide bonds. The number of likely N-dealkylation sites (N-methyl/N-ethyl adjacent to an activating group) is 1. The summed E-state index contributed by atoms with van der Waals surface area (Å²) in [5.74, 6) is 7.09. The van der Waals surface area contributed by atoms with E-state index in [4.69, 9.17) is 38.4 Å². The molecule has 0 spiro atoms. The molecule has 4 rings (SSSR count).